The van der Waals surface area contributed by atoms with Gasteiger partial charge in [-0.2, -0.15) is 9.78 Å². The molecule has 2 unspecified atom stereocenters. The molecule has 0 bridgehead atoms. The van der Waals surface area contributed by atoms with Gasteiger partial charge in [-0.3, -0.25) is 0 Å². The predicted molar refractivity (Wildman–Crippen MR) is 47.9 cm³/mol. The maximum absolute atomic E-state index is 9.17. The highest BCUT2D eigenvalue weighted by atomic mass is 17.3. The normalized spacial score (nSPS) is 32.9. The highest BCUT2D eigenvalue weighted by molar-refractivity contribution is 5.15. The second-order valence-electron chi connectivity index (χ2n) is 3.17. The van der Waals surface area contributed by atoms with E-state index in [1.54, 1.807) is 6.92 Å². The summed E-state index contributed by atoms with van der Waals surface area (Å²) >= 11 is 0. The van der Waals surface area contributed by atoms with E-state index in [9.17, 15) is 5.11 Å². The minimum absolute atomic E-state index is 0.394. The van der Waals surface area contributed by atoms with E-state index in [0.717, 1.165) is 5.56 Å². The van der Waals surface area contributed by atoms with E-state index in [1.807, 2.05) is 30.3 Å². The summed E-state index contributed by atoms with van der Waals surface area (Å²) in [6.07, 6.45) is -1.97. The molecule has 0 aliphatic carbocycles. The molecule has 0 saturated carbocycles. The van der Waals surface area contributed by atoms with E-state index in [0.29, 0.717) is 0 Å². The Morgan fingerprint density at radius 2 is 1.86 bits per heavy atom. The molecule has 1 heterocycles. The summed E-state index contributed by atoms with van der Waals surface area (Å²) in [7, 11) is 0. The van der Waals surface area contributed by atoms with Crippen LogP contribution in [0.2, 0.25) is 0 Å². The molecule has 0 radical (unpaired) electrons. The van der Waals surface area contributed by atoms with Gasteiger partial charge in [0.15, 0.2) is 0 Å². The molecule has 1 saturated heterocycles. The average molecular weight is 196 g/mol. The minimum Gasteiger partial charge on any atom is -0.364 e. The summed E-state index contributed by atoms with van der Waals surface area (Å²) in [5.41, 5.74) is 0.867. The molecular weight excluding hydrogens is 184 g/mol. The molecule has 1 aliphatic heterocycles. The summed E-state index contributed by atoms with van der Waals surface area (Å²) in [5.74, 6) is 0. The Morgan fingerprint density at radius 3 is 2.50 bits per heavy atom. The van der Waals surface area contributed by atoms with Crippen LogP contribution < -0.4 is 0 Å². The highest BCUT2D eigenvalue weighted by Crippen LogP contribution is 2.26. The van der Waals surface area contributed by atoms with Crippen LogP contribution in [0.15, 0.2) is 30.3 Å². The molecule has 4 nitrogen and oxygen atoms in total. The van der Waals surface area contributed by atoms with Gasteiger partial charge in [-0.15, -0.1) is 0 Å². The fourth-order valence-corrected chi connectivity index (χ4v) is 1.21. The lowest BCUT2D eigenvalue weighted by atomic mass is 10.2. The molecule has 3 atom stereocenters. The van der Waals surface area contributed by atoms with Crippen LogP contribution in [-0.2, 0) is 14.5 Å². The fraction of sp³-hybridized carbons (Fsp3) is 0.400. The van der Waals surface area contributed by atoms with Crippen molar-refractivity contribution >= 4 is 0 Å². The van der Waals surface area contributed by atoms with Crippen molar-refractivity contribution in [2.75, 3.05) is 0 Å². The third-order valence-electron chi connectivity index (χ3n) is 2.05. The molecule has 0 aromatic heterocycles. The number of benzene rings is 1. The Balaban J connectivity index is 2.07. The van der Waals surface area contributed by atoms with Gasteiger partial charge in [0.1, 0.15) is 6.10 Å². The monoisotopic (exact) mass is 196 g/mol. The van der Waals surface area contributed by atoms with E-state index in [4.69, 9.17) is 9.62 Å². The molecular formula is C10H12O4. The third-order valence-corrected chi connectivity index (χ3v) is 2.05. The van der Waals surface area contributed by atoms with Crippen molar-refractivity contribution < 1.29 is 19.6 Å². The van der Waals surface area contributed by atoms with Gasteiger partial charge in [0.05, 0.1) is 0 Å². The SMILES string of the molecule is CC1OC(c2ccccc2)OO[C@H]1O. The van der Waals surface area contributed by atoms with Crippen LogP contribution in [0, 0.1) is 0 Å². The molecule has 1 aromatic rings. The number of aliphatic hydroxyl groups is 1. The number of rotatable bonds is 1. The van der Waals surface area contributed by atoms with Gasteiger partial charge in [-0.25, -0.2) is 0 Å². The predicted octanol–water partition coefficient (Wildman–Crippen LogP) is 1.37. The van der Waals surface area contributed by atoms with Crippen LogP contribution in [0.4, 0.5) is 0 Å². The maximum Gasteiger partial charge on any atom is 0.217 e. The van der Waals surface area contributed by atoms with Gasteiger partial charge in [0, 0.05) is 5.56 Å². The fourth-order valence-electron chi connectivity index (χ4n) is 1.21. The lowest BCUT2D eigenvalue weighted by Crippen LogP contribution is -2.36. The molecule has 76 valence electrons. The van der Waals surface area contributed by atoms with Crippen LogP contribution in [0.5, 0.6) is 0 Å². The second kappa shape index (κ2) is 4.06. The second-order valence-corrected chi connectivity index (χ2v) is 3.17. The average Bonchev–Trinajstić information content (AvgIpc) is 2.23. The first-order chi connectivity index (χ1) is 6.77. The number of aliphatic hydroxyl groups excluding tert-OH is 1. The van der Waals surface area contributed by atoms with Crippen LogP contribution in [0.25, 0.3) is 0 Å². The van der Waals surface area contributed by atoms with Crippen molar-refractivity contribution in [3.05, 3.63) is 35.9 Å². The van der Waals surface area contributed by atoms with Gasteiger partial charge in [0.25, 0.3) is 0 Å². The van der Waals surface area contributed by atoms with Crippen molar-refractivity contribution in [3.63, 3.8) is 0 Å². The van der Waals surface area contributed by atoms with Crippen LogP contribution >= 0.6 is 0 Å². The lowest BCUT2D eigenvalue weighted by Gasteiger charge is -2.30. The van der Waals surface area contributed by atoms with Crippen molar-refractivity contribution in [3.8, 4) is 0 Å². The quantitative estimate of drug-likeness (QED) is 0.689. The maximum atomic E-state index is 9.17. The first kappa shape index (κ1) is 9.61. The van der Waals surface area contributed by atoms with Gasteiger partial charge in [0.2, 0.25) is 12.6 Å². The van der Waals surface area contributed by atoms with E-state index < -0.39 is 18.7 Å². The zero-order chi connectivity index (χ0) is 9.97. The first-order valence-electron chi connectivity index (χ1n) is 4.48. The molecule has 2 rings (SSSR count). The van der Waals surface area contributed by atoms with Gasteiger partial charge in [-0.05, 0) is 6.92 Å². The minimum atomic E-state index is -1.02. The summed E-state index contributed by atoms with van der Waals surface area (Å²) < 4.78 is 5.39. The van der Waals surface area contributed by atoms with E-state index in [1.165, 1.54) is 0 Å². The number of hydrogen-bond donors (Lipinski definition) is 1. The molecule has 1 N–H and O–H groups in total. The summed E-state index contributed by atoms with van der Waals surface area (Å²) in [6.45, 7) is 1.73. The zero-order valence-corrected chi connectivity index (χ0v) is 7.79. The van der Waals surface area contributed by atoms with E-state index in [-0.39, 0.29) is 0 Å². The Hall–Kier alpha value is -0.940. The largest absolute Gasteiger partial charge is 0.364 e. The number of ether oxygens (including phenoxy) is 1. The van der Waals surface area contributed by atoms with E-state index in [2.05, 4.69) is 4.89 Å². The molecule has 0 spiro atoms. The van der Waals surface area contributed by atoms with Crippen LogP contribution in [0.1, 0.15) is 18.8 Å². The third kappa shape index (κ3) is 1.93. The standard InChI is InChI=1S/C10H12O4/c1-7-9(11)13-14-10(12-7)8-5-3-2-4-6-8/h2-7,9-11H,1H3/t7?,9-,10?/m1/s1. The lowest BCUT2D eigenvalue weighted by molar-refractivity contribution is -0.493. The van der Waals surface area contributed by atoms with Crippen LogP contribution in [0.3, 0.4) is 0 Å². The van der Waals surface area contributed by atoms with Crippen LogP contribution in [-0.4, -0.2) is 17.5 Å². The molecule has 1 aliphatic rings. The first-order valence-corrected chi connectivity index (χ1v) is 4.48. The Morgan fingerprint density at radius 1 is 1.14 bits per heavy atom. The summed E-state index contributed by atoms with van der Waals surface area (Å²) in [6, 6.07) is 9.43. The number of hydrogen-bond acceptors (Lipinski definition) is 4. The van der Waals surface area contributed by atoms with Gasteiger partial charge < -0.3 is 9.84 Å². The molecule has 0 amide bonds. The van der Waals surface area contributed by atoms with Crippen molar-refractivity contribution in [2.45, 2.75) is 25.6 Å². The van der Waals surface area contributed by atoms with E-state index >= 15 is 0 Å². The van der Waals surface area contributed by atoms with Crippen molar-refractivity contribution in [1.29, 1.82) is 0 Å². The Bertz CT molecular complexity index is 287. The summed E-state index contributed by atoms with van der Waals surface area (Å²) in [5, 5.41) is 9.17. The van der Waals surface area contributed by atoms with Crippen molar-refractivity contribution in [2.24, 2.45) is 0 Å². The van der Waals surface area contributed by atoms with Gasteiger partial charge in [-0.1, -0.05) is 30.3 Å². The van der Waals surface area contributed by atoms with Crippen molar-refractivity contribution in [1.82, 2.24) is 0 Å². The molecule has 4 heteroatoms. The zero-order valence-electron chi connectivity index (χ0n) is 7.79. The molecule has 14 heavy (non-hydrogen) atoms. The topological polar surface area (TPSA) is 47.9 Å². The molecule has 1 aromatic carbocycles. The smallest absolute Gasteiger partial charge is 0.217 e. The Kier molecular flexibility index (Phi) is 2.79. The molecule has 1 fully saturated rings. The van der Waals surface area contributed by atoms with Gasteiger partial charge >= 0.3 is 0 Å². The Labute approximate surface area is 81.9 Å². The highest BCUT2D eigenvalue weighted by Gasteiger charge is 2.29. The summed E-state index contributed by atoms with van der Waals surface area (Å²) in [4.78, 5) is 9.56.